The number of benzene rings is 1. The molecule has 0 aliphatic carbocycles. The summed E-state index contributed by atoms with van der Waals surface area (Å²) in [5.41, 5.74) is 7.10. The number of rotatable bonds is 5. The largest absolute Gasteiger partial charge is 0.330 e. The second-order valence-electron chi connectivity index (χ2n) is 4.35. The summed E-state index contributed by atoms with van der Waals surface area (Å²) >= 11 is 0. The molecule has 0 saturated heterocycles. The molecule has 0 atom stereocenters. The van der Waals surface area contributed by atoms with Crippen LogP contribution in [0.4, 0.5) is 5.69 Å². The first-order valence-electron chi connectivity index (χ1n) is 6.35. The Morgan fingerprint density at radius 2 is 2.15 bits per heavy atom. The highest BCUT2D eigenvalue weighted by atomic mass is 16.2. The van der Waals surface area contributed by atoms with Crippen LogP contribution < -0.4 is 16.6 Å². The minimum Gasteiger partial charge on any atom is -0.330 e. The van der Waals surface area contributed by atoms with Crippen LogP contribution in [0, 0.1) is 0 Å². The van der Waals surface area contributed by atoms with Crippen molar-refractivity contribution < 1.29 is 4.79 Å². The Balaban J connectivity index is 2.07. The van der Waals surface area contributed by atoms with Crippen molar-refractivity contribution in [1.29, 1.82) is 0 Å². The van der Waals surface area contributed by atoms with Gasteiger partial charge in [-0.2, -0.15) is 5.10 Å². The number of H-pyrrole nitrogens is 1. The van der Waals surface area contributed by atoms with Gasteiger partial charge in [-0.15, -0.1) is 0 Å². The highest BCUT2D eigenvalue weighted by Gasteiger charge is 2.07. The highest BCUT2D eigenvalue weighted by molar-refractivity contribution is 6.02. The fourth-order valence-electron chi connectivity index (χ4n) is 1.78. The lowest BCUT2D eigenvalue weighted by atomic mass is 10.1. The van der Waals surface area contributed by atoms with Crippen molar-refractivity contribution >= 4 is 11.6 Å². The van der Waals surface area contributed by atoms with Crippen molar-refractivity contribution in [2.45, 2.75) is 12.8 Å². The molecule has 1 amide bonds. The average Bonchev–Trinajstić information content (AvgIpc) is 2.46. The van der Waals surface area contributed by atoms with E-state index >= 15 is 0 Å². The van der Waals surface area contributed by atoms with Crippen LogP contribution in [-0.4, -0.2) is 22.6 Å². The maximum absolute atomic E-state index is 11.9. The van der Waals surface area contributed by atoms with Crippen LogP contribution in [0.25, 0.3) is 0 Å². The van der Waals surface area contributed by atoms with Crippen LogP contribution in [0.3, 0.4) is 0 Å². The number of nitrogens with one attached hydrogen (secondary N) is 2. The molecule has 20 heavy (non-hydrogen) atoms. The van der Waals surface area contributed by atoms with Crippen LogP contribution in [-0.2, 0) is 6.42 Å². The van der Waals surface area contributed by atoms with Crippen molar-refractivity contribution in [2.75, 3.05) is 11.9 Å². The first kappa shape index (κ1) is 14.0. The predicted octanol–water partition coefficient (Wildman–Crippen LogP) is 0.913. The smallest absolute Gasteiger partial charge is 0.276 e. The molecule has 0 aliphatic heterocycles. The third-order valence-electron chi connectivity index (χ3n) is 2.77. The number of hydrogen-bond donors (Lipinski definition) is 3. The average molecular weight is 272 g/mol. The standard InChI is InChI=1S/C14H16N4O2/c15-8-2-4-10-3-1-5-11(9-10)16-14(20)12-6-7-13(19)18-17-12/h1,3,5-7,9H,2,4,8,15H2,(H,16,20)(H,18,19). The third kappa shape index (κ3) is 3.76. The fourth-order valence-corrected chi connectivity index (χ4v) is 1.78. The van der Waals surface area contributed by atoms with Crippen LogP contribution in [0.1, 0.15) is 22.5 Å². The molecule has 0 unspecified atom stereocenters. The lowest BCUT2D eigenvalue weighted by Crippen LogP contribution is -2.17. The Kier molecular flexibility index (Phi) is 4.62. The van der Waals surface area contributed by atoms with Crippen LogP contribution in [0.2, 0.25) is 0 Å². The summed E-state index contributed by atoms with van der Waals surface area (Å²) < 4.78 is 0. The van der Waals surface area contributed by atoms with Gasteiger partial charge < -0.3 is 11.1 Å². The second kappa shape index (κ2) is 6.63. The number of anilines is 1. The number of carbonyl (C=O) groups excluding carboxylic acids is 1. The molecular weight excluding hydrogens is 256 g/mol. The Bertz CT molecular complexity index is 631. The first-order chi connectivity index (χ1) is 9.69. The van der Waals surface area contributed by atoms with E-state index in [9.17, 15) is 9.59 Å². The summed E-state index contributed by atoms with van der Waals surface area (Å²) in [7, 11) is 0. The van der Waals surface area contributed by atoms with E-state index < -0.39 is 0 Å². The monoisotopic (exact) mass is 272 g/mol. The van der Waals surface area contributed by atoms with Gasteiger partial charge in [0.15, 0.2) is 0 Å². The quantitative estimate of drug-likeness (QED) is 0.753. The van der Waals surface area contributed by atoms with Gasteiger partial charge in [-0.25, -0.2) is 5.10 Å². The van der Waals surface area contributed by atoms with Gasteiger partial charge in [0.25, 0.3) is 11.5 Å². The summed E-state index contributed by atoms with van der Waals surface area (Å²) in [6, 6.07) is 10.2. The van der Waals surface area contributed by atoms with Crippen LogP contribution >= 0.6 is 0 Å². The number of aromatic nitrogens is 2. The lowest BCUT2D eigenvalue weighted by molar-refractivity contribution is 0.102. The molecule has 1 heterocycles. The van der Waals surface area contributed by atoms with E-state index in [-0.39, 0.29) is 17.2 Å². The Morgan fingerprint density at radius 1 is 1.30 bits per heavy atom. The van der Waals surface area contributed by atoms with Crippen LogP contribution in [0.5, 0.6) is 0 Å². The van der Waals surface area contributed by atoms with Gasteiger partial charge in [0.2, 0.25) is 0 Å². The zero-order valence-electron chi connectivity index (χ0n) is 10.9. The summed E-state index contributed by atoms with van der Waals surface area (Å²) in [6.07, 6.45) is 1.77. The molecule has 0 bridgehead atoms. The van der Waals surface area contributed by atoms with Crippen molar-refractivity contribution in [3.8, 4) is 0 Å². The number of aromatic amines is 1. The van der Waals surface area contributed by atoms with E-state index in [4.69, 9.17) is 5.73 Å². The van der Waals surface area contributed by atoms with Crippen molar-refractivity contribution in [3.63, 3.8) is 0 Å². The molecule has 6 heteroatoms. The molecule has 0 saturated carbocycles. The lowest BCUT2D eigenvalue weighted by Gasteiger charge is -2.06. The fraction of sp³-hybridized carbons (Fsp3) is 0.214. The molecule has 2 aromatic rings. The van der Waals surface area contributed by atoms with E-state index in [1.54, 1.807) is 6.07 Å². The zero-order chi connectivity index (χ0) is 14.4. The molecular formula is C14H16N4O2. The van der Waals surface area contributed by atoms with Gasteiger partial charge in [-0.3, -0.25) is 9.59 Å². The number of aryl methyl sites for hydroxylation is 1. The molecule has 104 valence electrons. The van der Waals surface area contributed by atoms with Gasteiger partial charge in [-0.1, -0.05) is 12.1 Å². The summed E-state index contributed by atoms with van der Waals surface area (Å²) in [5.74, 6) is -0.364. The Morgan fingerprint density at radius 3 is 2.85 bits per heavy atom. The molecule has 4 N–H and O–H groups in total. The summed E-state index contributed by atoms with van der Waals surface area (Å²) in [4.78, 5) is 22.8. The van der Waals surface area contributed by atoms with Crippen molar-refractivity contribution in [3.05, 3.63) is 58.0 Å². The van der Waals surface area contributed by atoms with E-state index in [2.05, 4.69) is 15.5 Å². The van der Waals surface area contributed by atoms with Crippen molar-refractivity contribution in [2.24, 2.45) is 5.73 Å². The van der Waals surface area contributed by atoms with Gasteiger partial charge in [-0.05, 0) is 43.1 Å². The Hall–Kier alpha value is -2.47. The molecule has 0 fully saturated rings. The molecule has 6 nitrogen and oxygen atoms in total. The topological polar surface area (TPSA) is 101 Å². The zero-order valence-corrected chi connectivity index (χ0v) is 10.9. The molecule has 0 radical (unpaired) electrons. The molecule has 2 rings (SSSR count). The van der Waals surface area contributed by atoms with E-state index in [1.807, 2.05) is 18.2 Å². The number of nitrogens with two attached hydrogens (primary N) is 1. The molecule has 0 spiro atoms. The SMILES string of the molecule is NCCCc1cccc(NC(=O)c2ccc(=O)[nH]n2)c1. The minimum atomic E-state index is -0.364. The van der Waals surface area contributed by atoms with E-state index in [1.165, 1.54) is 12.1 Å². The third-order valence-corrected chi connectivity index (χ3v) is 2.77. The van der Waals surface area contributed by atoms with E-state index in [0.717, 1.165) is 18.4 Å². The number of nitrogens with zero attached hydrogens (tertiary/aromatic N) is 1. The van der Waals surface area contributed by atoms with Gasteiger partial charge in [0.05, 0.1) is 0 Å². The molecule has 1 aromatic carbocycles. The summed E-state index contributed by atoms with van der Waals surface area (Å²) in [6.45, 7) is 0.637. The predicted molar refractivity (Wildman–Crippen MR) is 76.6 cm³/mol. The normalized spacial score (nSPS) is 10.2. The summed E-state index contributed by atoms with van der Waals surface area (Å²) in [5, 5.41) is 8.65. The first-order valence-corrected chi connectivity index (χ1v) is 6.35. The highest BCUT2D eigenvalue weighted by Crippen LogP contribution is 2.12. The van der Waals surface area contributed by atoms with E-state index in [0.29, 0.717) is 12.2 Å². The number of carbonyl (C=O) groups is 1. The van der Waals surface area contributed by atoms with Gasteiger partial charge >= 0.3 is 0 Å². The van der Waals surface area contributed by atoms with Gasteiger partial charge in [0, 0.05) is 11.8 Å². The van der Waals surface area contributed by atoms with Gasteiger partial charge in [0.1, 0.15) is 5.69 Å². The number of amides is 1. The molecule has 1 aromatic heterocycles. The maximum Gasteiger partial charge on any atom is 0.276 e. The minimum absolute atomic E-state index is 0.164. The maximum atomic E-state index is 11.9. The number of hydrogen-bond acceptors (Lipinski definition) is 4. The second-order valence-corrected chi connectivity index (χ2v) is 4.35. The van der Waals surface area contributed by atoms with Crippen molar-refractivity contribution in [1.82, 2.24) is 10.2 Å². The molecule has 0 aliphatic rings. The van der Waals surface area contributed by atoms with Crippen LogP contribution in [0.15, 0.2) is 41.2 Å². The Labute approximate surface area is 116 Å².